The molecule has 1 unspecified atom stereocenters. The molecule has 22 heavy (non-hydrogen) atoms. The highest BCUT2D eigenvalue weighted by Crippen LogP contribution is 2.11. The molecule has 0 saturated carbocycles. The minimum atomic E-state index is -2.91. The highest BCUT2D eigenvalue weighted by atomic mass is 32.2. The second-order valence-electron chi connectivity index (χ2n) is 5.62. The molecule has 0 spiro atoms. The Hall–Kier alpha value is -1.76. The number of aliphatic imine (C=N–C) groups is 1. The maximum Gasteiger partial charge on any atom is 0.191 e. The predicted molar refractivity (Wildman–Crippen MR) is 87.7 cm³/mol. The lowest BCUT2D eigenvalue weighted by Gasteiger charge is -2.16. The van der Waals surface area contributed by atoms with E-state index >= 15 is 0 Å². The van der Waals surface area contributed by atoms with Crippen LogP contribution in [-0.4, -0.2) is 45.0 Å². The number of sulfone groups is 1. The quantitative estimate of drug-likeness (QED) is 0.465. The number of hydrogen-bond acceptors (Lipinski definition) is 4. The third-order valence-corrected chi connectivity index (χ3v) is 5.09. The zero-order valence-electron chi connectivity index (χ0n) is 12.8. The monoisotopic (exact) mass is 325 g/mol. The van der Waals surface area contributed by atoms with Crippen LogP contribution in [0.1, 0.15) is 19.1 Å². The molecule has 0 radical (unpaired) electrons. The van der Waals surface area contributed by atoms with Crippen LogP contribution in [0.4, 0.5) is 0 Å². The first-order chi connectivity index (χ1) is 10.4. The molecule has 0 aliphatic carbocycles. The minimum Gasteiger partial charge on any atom is -0.469 e. The maximum atomic E-state index is 11.5. The molecule has 2 rings (SSSR count). The number of furan rings is 1. The number of hydrogen-bond donors (Lipinski definition) is 2. The van der Waals surface area contributed by atoms with Crippen molar-refractivity contribution in [3.63, 3.8) is 0 Å². The van der Waals surface area contributed by atoms with Gasteiger partial charge in [-0.25, -0.2) is 13.4 Å². The highest BCUT2D eigenvalue weighted by molar-refractivity contribution is 7.91. The van der Waals surface area contributed by atoms with Crippen molar-refractivity contribution < 1.29 is 12.8 Å². The Balaban J connectivity index is 1.88. The fourth-order valence-electron chi connectivity index (χ4n) is 2.23. The summed E-state index contributed by atoms with van der Waals surface area (Å²) in [6, 6.07) is 3.70. The summed E-state index contributed by atoms with van der Waals surface area (Å²) in [5.74, 6) is 1.93. The van der Waals surface area contributed by atoms with E-state index in [-0.39, 0.29) is 17.5 Å². The molecule has 0 bridgehead atoms. The fourth-order valence-corrected chi connectivity index (χ4v) is 3.90. The molecule has 1 aliphatic heterocycles. The van der Waals surface area contributed by atoms with Gasteiger partial charge in [-0.3, -0.25) is 0 Å². The highest BCUT2D eigenvalue weighted by Gasteiger charge is 2.28. The van der Waals surface area contributed by atoms with E-state index in [9.17, 15) is 8.42 Å². The Labute approximate surface area is 131 Å². The largest absolute Gasteiger partial charge is 0.469 e. The SMILES string of the molecule is C=C(C)CN=C(NCCc1ccco1)NC1CCS(=O)(=O)C1. The van der Waals surface area contributed by atoms with Crippen LogP contribution in [0.2, 0.25) is 0 Å². The molecule has 0 amide bonds. The summed E-state index contributed by atoms with van der Waals surface area (Å²) in [6.45, 7) is 6.91. The van der Waals surface area contributed by atoms with Crippen molar-refractivity contribution in [3.8, 4) is 0 Å². The minimum absolute atomic E-state index is 0.0787. The van der Waals surface area contributed by atoms with Gasteiger partial charge in [0.15, 0.2) is 15.8 Å². The molecule has 122 valence electrons. The zero-order chi connectivity index (χ0) is 16.0. The average Bonchev–Trinajstić information content (AvgIpc) is 3.05. The molecule has 1 fully saturated rings. The number of nitrogens with one attached hydrogen (secondary N) is 2. The number of guanidine groups is 1. The van der Waals surface area contributed by atoms with Crippen LogP contribution in [0, 0.1) is 0 Å². The van der Waals surface area contributed by atoms with Gasteiger partial charge in [0.2, 0.25) is 0 Å². The molecule has 1 aromatic heterocycles. The van der Waals surface area contributed by atoms with Crippen molar-refractivity contribution in [2.24, 2.45) is 4.99 Å². The van der Waals surface area contributed by atoms with E-state index in [1.807, 2.05) is 19.1 Å². The van der Waals surface area contributed by atoms with Crippen LogP contribution in [0.3, 0.4) is 0 Å². The van der Waals surface area contributed by atoms with Gasteiger partial charge in [-0.15, -0.1) is 0 Å². The van der Waals surface area contributed by atoms with Crippen molar-refractivity contribution in [1.29, 1.82) is 0 Å². The summed E-state index contributed by atoms with van der Waals surface area (Å²) < 4.78 is 28.3. The molecule has 1 aliphatic rings. The molecule has 7 heteroatoms. The van der Waals surface area contributed by atoms with Crippen molar-refractivity contribution >= 4 is 15.8 Å². The van der Waals surface area contributed by atoms with Crippen LogP contribution in [0.5, 0.6) is 0 Å². The Kier molecular flexibility index (Phi) is 5.65. The maximum absolute atomic E-state index is 11.5. The molecule has 1 saturated heterocycles. The topological polar surface area (TPSA) is 83.7 Å². The lowest BCUT2D eigenvalue weighted by molar-refractivity contribution is 0.506. The van der Waals surface area contributed by atoms with Crippen LogP contribution in [0.25, 0.3) is 0 Å². The Morgan fingerprint density at radius 1 is 1.55 bits per heavy atom. The van der Waals surface area contributed by atoms with Crippen LogP contribution in [-0.2, 0) is 16.3 Å². The van der Waals surface area contributed by atoms with E-state index in [1.54, 1.807) is 6.26 Å². The molecule has 1 atom stereocenters. The van der Waals surface area contributed by atoms with E-state index in [0.29, 0.717) is 25.5 Å². The van der Waals surface area contributed by atoms with Crippen LogP contribution >= 0.6 is 0 Å². The summed E-state index contributed by atoms with van der Waals surface area (Å²) in [7, 11) is -2.91. The van der Waals surface area contributed by atoms with Gasteiger partial charge in [0.05, 0.1) is 24.3 Å². The third kappa shape index (κ3) is 5.55. The smallest absolute Gasteiger partial charge is 0.191 e. The normalized spacial score (nSPS) is 20.8. The van der Waals surface area contributed by atoms with E-state index in [2.05, 4.69) is 22.2 Å². The first kappa shape index (κ1) is 16.6. The second-order valence-corrected chi connectivity index (χ2v) is 7.85. The molecule has 0 aromatic carbocycles. The van der Waals surface area contributed by atoms with Crippen LogP contribution < -0.4 is 10.6 Å². The van der Waals surface area contributed by atoms with Gasteiger partial charge in [0, 0.05) is 19.0 Å². The van der Waals surface area contributed by atoms with Gasteiger partial charge in [-0.2, -0.15) is 0 Å². The fraction of sp³-hybridized carbons (Fsp3) is 0.533. The lowest BCUT2D eigenvalue weighted by atomic mass is 10.3. The Bertz CT molecular complexity index is 620. The zero-order valence-corrected chi connectivity index (χ0v) is 13.7. The van der Waals surface area contributed by atoms with Gasteiger partial charge in [-0.05, 0) is 25.5 Å². The Morgan fingerprint density at radius 3 is 2.95 bits per heavy atom. The van der Waals surface area contributed by atoms with Crippen molar-refractivity contribution in [3.05, 3.63) is 36.3 Å². The lowest BCUT2D eigenvalue weighted by Crippen LogP contribution is -2.44. The summed E-state index contributed by atoms with van der Waals surface area (Å²) >= 11 is 0. The molecule has 6 nitrogen and oxygen atoms in total. The van der Waals surface area contributed by atoms with Gasteiger partial charge >= 0.3 is 0 Å². The Morgan fingerprint density at radius 2 is 2.36 bits per heavy atom. The number of rotatable bonds is 6. The van der Waals surface area contributed by atoms with E-state index in [4.69, 9.17) is 4.42 Å². The standard InChI is InChI=1S/C15H23N3O3S/c1-12(2)10-17-15(16-7-5-14-4-3-8-21-14)18-13-6-9-22(19,20)11-13/h3-4,8,13H,1,5-7,9-11H2,2H3,(H2,16,17,18). The van der Waals surface area contributed by atoms with E-state index < -0.39 is 9.84 Å². The van der Waals surface area contributed by atoms with Crippen LogP contribution in [0.15, 0.2) is 40.0 Å². The van der Waals surface area contributed by atoms with Gasteiger partial charge in [0.1, 0.15) is 5.76 Å². The molecule has 1 aromatic rings. The van der Waals surface area contributed by atoms with E-state index in [0.717, 1.165) is 17.8 Å². The van der Waals surface area contributed by atoms with Gasteiger partial charge < -0.3 is 15.1 Å². The molecular weight excluding hydrogens is 302 g/mol. The predicted octanol–water partition coefficient (Wildman–Crippen LogP) is 1.12. The molecular formula is C15H23N3O3S. The first-order valence-corrected chi connectivity index (χ1v) is 9.19. The van der Waals surface area contributed by atoms with Gasteiger partial charge in [0.25, 0.3) is 0 Å². The number of nitrogens with zero attached hydrogens (tertiary/aromatic N) is 1. The third-order valence-electron chi connectivity index (χ3n) is 3.32. The summed E-state index contributed by atoms with van der Waals surface area (Å²) in [5.41, 5.74) is 0.950. The van der Waals surface area contributed by atoms with Crippen molar-refractivity contribution in [1.82, 2.24) is 10.6 Å². The summed E-state index contributed by atoms with van der Waals surface area (Å²) in [5, 5.41) is 6.41. The van der Waals surface area contributed by atoms with E-state index in [1.165, 1.54) is 0 Å². The average molecular weight is 325 g/mol. The second kappa shape index (κ2) is 7.49. The van der Waals surface area contributed by atoms with Gasteiger partial charge in [-0.1, -0.05) is 12.2 Å². The molecule has 2 N–H and O–H groups in total. The summed E-state index contributed by atoms with van der Waals surface area (Å²) in [4.78, 5) is 4.42. The van der Waals surface area contributed by atoms with Crippen molar-refractivity contribution in [2.45, 2.75) is 25.8 Å². The first-order valence-electron chi connectivity index (χ1n) is 7.37. The molecule has 2 heterocycles. The van der Waals surface area contributed by atoms with Crippen molar-refractivity contribution in [2.75, 3.05) is 24.6 Å². The summed E-state index contributed by atoms with van der Waals surface area (Å²) in [6.07, 6.45) is 3.01.